The average molecular weight is 407 g/mol. The second-order valence-electron chi connectivity index (χ2n) is 8.35. The molecule has 2 N–H and O–H groups in total. The van der Waals surface area contributed by atoms with Crippen LogP contribution in [-0.4, -0.2) is 52.4 Å². The van der Waals surface area contributed by atoms with Gasteiger partial charge >= 0.3 is 6.61 Å². The number of nitrogens with two attached hydrogens (primary N) is 1. The van der Waals surface area contributed by atoms with Crippen LogP contribution in [0.4, 0.5) is 19.0 Å². The number of likely N-dealkylation sites (tertiary alicyclic amines) is 1. The van der Waals surface area contributed by atoms with Gasteiger partial charge in [-0.3, -0.25) is 0 Å². The van der Waals surface area contributed by atoms with Crippen molar-refractivity contribution < 1.29 is 17.9 Å². The molecular weight excluding hydrogens is 383 g/mol. The van der Waals surface area contributed by atoms with Crippen LogP contribution in [0.25, 0.3) is 11.3 Å². The van der Waals surface area contributed by atoms with Crippen LogP contribution in [0.15, 0.2) is 18.5 Å². The number of anilines is 1. The van der Waals surface area contributed by atoms with Crippen molar-refractivity contribution in [3.63, 3.8) is 0 Å². The summed E-state index contributed by atoms with van der Waals surface area (Å²) in [5.74, 6) is 2.56. The second-order valence-corrected chi connectivity index (χ2v) is 8.35. The van der Waals surface area contributed by atoms with Crippen LogP contribution in [0.3, 0.4) is 0 Å². The first kappa shape index (κ1) is 18.7. The Morgan fingerprint density at radius 1 is 1.24 bits per heavy atom. The van der Waals surface area contributed by atoms with E-state index in [4.69, 9.17) is 10.7 Å². The summed E-state index contributed by atoms with van der Waals surface area (Å²) in [7, 11) is 0. The molecule has 1 aliphatic heterocycles. The molecule has 5 rings (SSSR count). The van der Waals surface area contributed by atoms with Crippen molar-refractivity contribution in [1.82, 2.24) is 19.4 Å². The number of pyridine rings is 1. The number of alkyl halides is 3. The van der Waals surface area contributed by atoms with Crippen molar-refractivity contribution in [2.75, 3.05) is 32.0 Å². The highest BCUT2D eigenvalue weighted by Crippen LogP contribution is 2.56. The first-order valence-electron chi connectivity index (χ1n) is 10.1. The van der Waals surface area contributed by atoms with Crippen LogP contribution in [0.5, 0.6) is 5.75 Å². The smallest absolute Gasteiger partial charge is 0.387 e. The Morgan fingerprint density at radius 2 is 2.00 bits per heavy atom. The maximum Gasteiger partial charge on any atom is 0.387 e. The number of imidazole rings is 1. The van der Waals surface area contributed by atoms with E-state index in [1.54, 1.807) is 0 Å². The molecule has 6 nitrogen and oxygen atoms in total. The Labute approximate surface area is 166 Å². The molecule has 0 aromatic carbocycles. The fourth-order valence-electron chi connectivity index (χ4n) is 4.64. The number of fused-ring (bicyclic) bond motifs is 1. The molecule has 0 radical (unpaired) electrons. The van der Waals surface area contributed by atoms with Crippen LogP contribution < -0.4 is 10.5 Å². The molecule has 29 heavy (non-hydrogen) atoms. The number of nitrogen functional groups attached to an aromatic ring is 1. The zero-order valence-electron chi connectivity index (χ0n) is 16.0. The highest BCUT2D eigenvalue weighted by atomic mass is 19.3. The number of hydrogen-bond acceptors (Lipinski definition) is 5. The van der Waals surface area contributed by atoms with E-state index in [1.807, 2.05) is 6.20 Å². The first-order chi connectivity index (χ1) is 14.0. The Hall–Kier alpha value is -2.29. The molecule has 3 aliphatic rings. The predicted molar refractivity (Wildman–Crippen MR) is 101 cm³/mol. The van der Waals surface area contributed by atoms with E-state index in [0.717, 1.165) is 25.3 Å². The monoisotopic (exact) mass is 407 g/mol. The molecular formula is C20H24F3N5O. The van der Waals surface area contributed by atoms with Gasteiger partial charge in [-0.1, -0.05) is 0 Å². The zero-order chi connectivity index (χ0) is 20.1. The lowest BCUT2D eigenvalue weighted by Gasteiger charge is -2.18. The summed E-state index contributed by atoms with van der Waals surface area (Å²) in [6.45, 7) is -0.917. The van der Waals surface area contributed by atoms with Gasteiger partial charge in [0.05, 0.1) is 5.69 Å². The SMILES string of the molecule is Nc1ncc(-c2cn([C@H]3[C@@H]4CN(CCF)C[C@@H]43)c(CC3CC3)n2)cc1OC(F)F. The lowest BCUT2D eigenvalue weighted by Crippen LogP contribution is -2.27. The summed E-state index contributed by atoms with van der Waals surface area (Å²) in [4.78, 5) is 11.0. The number of rotatable bonds is 8. The quantitative estimate of drug-likeness (QED) is 0.728. The molecule has 3 heterocycles. The number of halogens is 3. The number of aromatic nitrogens is 3. The predicted octanol–water partition coefficient (Wildman–Crippen LogP) is 3.15. The van der Waals surface area contributed by atoms with Gasteiger partial charge in [-0.15, -0.1) is 0 Å². The lowest BCUT2D eigenvalue weighted by molar-refractivity contribution is -0.0494. The Kier molecular flexibility index (Phi) is 4.64. The standard InChI is InChI=1S/C20H24F3N5O/c21-3-4-27-8-13-14(9-27)18(13)28-10-15(26-17(28)5-11-1-2-11)12-6-16(29-20(22)23)19(24)25-7-12/h6-7,10-11,13-14,18,20H,1-5,8-9H2,(H2,24,25)/t13-,14+,18+. The summed E-state index contributed by atoms with van der Waals surface area (Å²) >= 11 is 0. The molecule has 156 valence electrons. The minimum atomic E-state index is -2.96. The third-order valence-electron chi connectivity index (χ3n) is 6.32. The second kappa shape index (κ2) is 7.19. The Bertz CT molecular complexity index is 888. The van der Waals surface area contributed by atoms with E-state index in [9.17, 15) is 13.2 Å². The van der Waals surface area contributed by atoms with E-state index >= 15 is 0 Å². The molecule has 0 spiro atoms. The Morgan fingerprint density at radius 3 is 2.66 bits per heavy atom. The summed E-state index contributed by atoms with van der Waals surface area (Å²) in [5.41, 5.74) is 6.96. The van der Waals surface area contributed by atoms with Crippen LogP contribution in [0, 0.1) is 17.8 Å². The molecule has 2 saturated carbocycles. The van der Waals surface area contributed by atoms with Crippen molar-refractivity contribution in [3.05, 3.63) is 24.3 Å². The van der Waals surface area contributed by atoms with Crippen LogP contribution >= 0.6 is 0 Å². The highest BCUT2D eigenvalue weighted by molar-refractivity contribution is 5.63. The molecule has 0 amide bonds. The summed E-state index contributed by atoms with van der Waals surface area (Å²) in [5, 5.41) is 0. The van der Waals surface area contributed by atoms with Crippen molar-refractivity contribution in [1.29, 1.82) is 0 Å². The van der Waals surface area contributed by atoms with Crippen molar-refractivity contribution in [2.24, 2.45) is 17.8 Å². The highest BCUT2D eigenvalue weighted by Gasteiger charge is 2.57. The third kappa shape index (κ3) is 3.68. The topological polar surface area (TPSA) is 69.2 Å². The van der Waals surface area contributed by atoms with E-state index < -0.39 is 6.61 Å². The van der Waals surface area contributed by atoms with Gasteiger partial charge in [0.1, 0.15) is 12.5 Å². The van der Waals surface area contributed by atoms with Gasteiger partial charge in [-0.25, -0.2) is 14.4 Å². The van der Waals surface area contributed by atoms with Crippen molar-refractivity contribution in [2.45, 2.75) is 31.9 Å². The maximum absolute atomic E-state index is 12.6. The number of piperidine rings is 1. The normalized spacial score (nSPS) is 26.1. The maximum atomic E-state index is 12.6. The molecule has 0 bridgehead atoms. The molecule has 3 atom stereocenters. The van der Waals surface area contributed by atoms with Gasteiger partial charge in [-0.05, 0) is 36.7 Å². The minimum Gasteiger partial charge on any atom is -0.431 e. The zero-order valence-corrected chi connectivity index (χ0v) is 16.0. The van der Waals surface area contributed by atoms with Crippen LogP contribution in [0.2, 0.25) is 0 Å². The number of nitrogens with zero attached hydrogens (tertiary/aromatic N) is 4. The minimum absolute atomic E-state index is 0.0728. The molecule has 2 aromatic heterocycles. The largest absolute Gasteiger partial charge is 0.431 e. The summed E-state index contributed by atoms with van der Waals surface area (Å²) in [6, 6.07) is 1.86. The van der Waals surface area contributed by atoms with Crippen LogP contribution in [0.1, 0.15) is 24.7 Å². The van der Waals surface area contributed by atoms with Gasteiger partial charge in [0.15, 0.2) is 11.6 Å². The van der Waals surface area contributed by atoms with Gasteiger partial charge < -0.3 is 19.9 Å². The average Bonchev–Trinajstić information content (AvgIpc) is 3.52. The number of hydrogen-bond donors (Lipinski definition) is 1. The summed E-state index contributed by atoms with van der Waals surface area (Å²) < 4.78 is 44.6. The molecule has 2 aromatic rings. The van der Waals surface area contributed by atoms with E-state index in [0.29, 0.717) is 41.6 Å². The van der Waals surface area contributed by atoms with Gasteiger partial charge in [-0.2, -0.15) is 8.78 Å². The van der Waals surface area contributed by atoms with Gasteiger partial charge in [0, 0.05) is 50.1 Å². The fraction of sp³-hybridized carbons (Fsp3) is 0.600. The molecule has 9 heteroatoms. The molecule has 3 fully saturated rings. The molecule has 2 aliphatic carbocycles. The van der Waals surface area contributed by atoms with Crippen molar-refractivity contribution in [3.8, 4) is 17.0 Å². The van der Waals surface area contributed by atoms with Crippen molar-refractivity contribution >= 4 is 5.82 Å². The van der Waals surface area contributed by atoms with Gasteiger partial charge in [0.25, 0.3) is 0 Å². The lowest BCUT2D eigenvalue weighted by atomic mass is 10.2. The summed E-state index contributed by atoms with van der Waals surface area (Å²) in [6.07, 6.45) is 6.91. The van der Waals surface area contributed by atoms with Gasteiger partial charge in [0.2, 0.25) is 0 Å². The molecule has 1 saturated heterocycles. The first-order valence-corrected chi connectivity index (χ1v) is 10.1. The fourth-order valence-corrected chi connectivity index (χ4v) is 4.64. The third-order valence-corrected chi connectivity index (χ3v) is 6.32. The number of ether oxygens (including phenoxy) is 1. The van der Waals surface area contributed by atoms with E-state index in [-0.39, 0.29) is 18.2 Å². The molecule has 0 unspecified atom stereocenters. The van der Waals surface area contributed by atoms with E-state index in [1.165, 1.54) is 25.1 Å². The Balaban J connectivity index is 1.41. The van der Waals surface area contributed by atoms with Crippen LogP contribution in [-0.2, 0) is 6.42 Å². The van der Waals surface area contributed by atoms with E-state index in [2.05, 4.69) is 19.2 Å².